The summed E-state index contributed by atoms with van der Waals surface area (Å²) < 4.78 is 0.517. The Morgan fingerprint density at radius 2 is 2.18 bits per heavy atom. The highest BCUT2D eigenvalue weighted by Crippen LogP contribution is 2.45. The zero-order valence-corrected chi connectivity index (χ0v) is 12.7. The molecule has 2 aliphatic heterocycles. The Kier molecular flexibility index (Phi) is 3.30. The molecule has 2 heterocycles. The molecule has 2 atom stereocenters. The van der Waals surface area contributed by atoms with Gasteiger partial charge in [-0.3, -0.25) is 4.99 Å². The molecule has 1 aromatic rings. The molecule has 2 aliphatic rings. The van der Waals surface area contributed by atoms with Crippen molar-refractivity contribution in [3.63, 3.8) is 0 Å². The molecular formula is C14H14INS. The molecular weight excluding hydrogens is 341 g/mol. The maximum atomic E-state index is 4.55. The summed E-state index contributed by atoms with van der Waals surface area (Å²) in [6, 6.07) is 9.24. The first-order chi connectivity index (χ1) is 8.25. The minimum Gasteiger partial charge on any atom is -0.290 e. The Labute approximate surface area is 120 Å². The van der Waals surface area contributed by atoms with E-state index in [1.165, 1.54) is 16.0 Å². The highest BCUT2D eigenvalue weighted by molar-refractivity contribution is 14.1. The van der Waals surface area contributed by atoms with Crippen LogP contribution in [0.1, 0.15) is 22.8 Å². The van der Waals surface area contributed by atoms with Crippen molar-refractivity contribution in [3.8, 4) is 0 Å². The van der Waals surface area contributed by atoms with Crippen LogP contribution in [-0.2, 0) is 0 Å². The van der Waals surface area contributed by atoms with Crippen LogP contribution in [0.5, 0.6) is 0 Å². The van der Waals surface area contributed by atoms with Crippen LogP contribution in [0.3, 0.4) is 0 Å². The van der Waals surface area contributed by atoms with Gasteiger partial charge in [0.15, 0.2) is 0 Å². The first kappa shape index (κ1) is 11.8. The number of rotatable bonds is 0. The number of fused-ring (bicyclic) bond motifs is 1. The Bertz CT molecular complexity index is 507. The lowest BCUT2D eigenvalue weighted by molar-refractivity contribution is 0.709. The van der Waals surface area contributed by atoms with Crippen molar-refractivity contribution < 1.29 is 0 Å². The molecule has 0 amide bonds. The second-order valence-electron chi connectivity index (χ2n) is 4.57. The molecule has 0 aliphatic carbocycles. The van der Waals surface area contributed by atoms with Crippen molar-refractivity contribution in [3.05, 3.63) is 41.0 Å². The number of aliphatic imine (C=N–C) groups is 1. The van der Waals surface area contributed by atoms with Gasteiger partial charge in [-0.05, 0) is 36.1 Å². The molecule has 3 heteroatoms. The van der Waals surface area contributed by atoms with E-state index in [2.05, 4.69) is 65.0 Å². The van der Waals surface area contributed by atoms with Crippen LogP contribution in [-0.4, -0.2) is 18.0 Å². The summed E-state index contributed by atoms with van der Waals surface area (Å²) in [6.45, 7) is 2.20. The van der Waals surface area contributed by atoms with Crippen LogP contribution >= 0.6 is 34.4 Å². The van der Waals surface area contributed by atoms with Gasteiger partial charge in [-0.25, -0.2) is 0 Å². The van der Waals surface area contributed by atoms with Gasteiger partial charge in [0.1, 0.15) is 0 Å². The Hall–Kier alpha value is -0.290. The second-order valence-corrected chi connectivity index (χ2v) is 6.83. The molecule has 2 unspecified atom stereocenters. The van der Waals surface area contributed by atoms with E-state index in [-0.39, 0.29) is 0 Å². The summed E-state index contributed by atoms with van der Waals surface area (Å²) in [5.74, 6) is 1.07. The predicted molar refractivity (Wildman–Crippen MR) is 83.5 cm³/mol. The van der Waals surface area contributed by atoms with E-state index in [1.807, 2.05) is 11.8 Å². The van der Waals surface area contributed by atoms with Crippen molar-refractivity contribution >= 4 is 40.6 Å². The van der Waals surface area contributed by atoms with Gasteiger partial charge in [0, 0.05) is 16.9 Å². The largest absolute Gasteiger partial charge is 0.290 e. The summed E-state index contributed by atoms with van der Waals surface area (Å²) in [7, 11) is 0. The van der Waals surface area contributed by atoms with Gasteiger partial charge in [0.25, 0.3) is 0 Å². The number of alkyl halides is 1. The SMILES string of the molecule is CC1CC2=C(C=N1)CSc1ccccc1C2I. The maximum Gasteiger partial charge on any atom is 0.0586 e. The Morgan fingerprint density at radius 1 is 1.35 bits per heavy atom. The maximum absolute atomic E-state index is 4.55. The van der Waals surface area contributed by atoms with Crippen LogP contribution in [0.4, 0.5) is 0 Å². The van der Waals surface area contributed by atoms with Gasteiger partial charge in [-0.15, -0.1) is 11.8 Å². The molecule has 3 rings (SSSR count). The molecule has 88 valence electrons. The zero-order valence-electron chi connectivity index (χ0n) is 9.69. The van der Waals surface area contributed by atoms with E-state index in [0.29, 0.717) is 9.97 Å². The van der Waals surface area contributed by atoms with Crippen molar-refractivity contribution in [2.45, 2.75) is 28.2 Å². The molecule has 0 fully saturated rings. The first-order valence-corrected chi connectivity index (χ1v) is 8.09. The first-order valence-electron chi connectivity index (χ1n) is 5.86. The average Bonchev–Trinajstić information content (AvgIpc) is 2.49. The minimum absolute atomic E-state index is 0.446. The van der Waals surface area contributed by atoms with Gasteiger partial charge in [-0.1, -0.05) is 40.8 Å². The standard InChI is InChI=1S/C14H14INS/c1-9-6-12-10(7-16-9)8-17-13-5-3-2-4-11(13)14(12)15/h2-5,7,9,14H,6,8H2,1H3. The van der Waals surface area contributed by atoms with E-state index in [0.717, 1.165) is 12.2 Å². The lowest BCUT2D eigenvalue weighted by Crippen LogP contribution is -2.13. The quantitative estimate of drug-likeness (QED) is 0.496. The molecule has 0 spiro atoms. The summed E-state index contributed by atoms with van der Waals surface area (Å²) >= 11 is 4.53. The van der Waals surface area contributed by atoms with Crippen molar-refractivity contribution in [2.75, 3.05) is 5.75 Å². The number of hydrogen-bond acceptors (Lipinski definition) is 2. The van der Waals surface area contributed by atoms with Crippen LogP contribution < -0.4 is 0 Å². The number of nitrogens with zero attached hydrogens (tertiary/aromatic N) is 1. The van der Waals surface area contributed by atoms with Crippen molar-refractivity contribution in [1.82, 2.24) is 0 Å². The molecule has 0 aromatic heterocycles. The smallest absolute Gasteiger partial charge is 0.0586 e. The number of benzene rings is 1. The monoisotopic (exact) mass is 355 g/mol. The highest BCUT2D eigenvalue weighted by Gasteiger charge is 2.26. The van der Waals surface area contributed by atoms with Gasteiger partial charge in [0.2, 0.25) is 0 Å². The van der Waals surface area contributed by atoms with Crippen molar-refractivity contribution in [2.24, 2.45) is 4.99 Å². The third kappa shape index (κ3) is 2.19. The molecule has 0 radical (unpaired) electrons. The minimum atomic E-state index is 0.446. The lowest BCUT2D eigenvalue weighted by atomic mass is 9.94. The van der Waals surface area contributed by atoms with E-state index in [4.69, 9.17) is 0 Å². The molecule has 0 saturated carbocycles. The zero-order chi connectivity index (χ0) is 11.8. The topological polar surface area (TPSA) is 12.4 Å². The van der Waals surface area contributed by atoms with Gasteiger partial charge < -0.3 is 0 Å². The fraction of sp³-hybridized carbons (Fsp3) is 0.357. The summed E-state index contributed by atoms with van der Waals surface area (Å²) in [5.41, 5.74) is 4.51. The second kappa shape index (κ2) is 4.76. The molecule has 0 bridgehead atoms. The Balaban J connectivity index is 2.06. The fourth-order valence-corrected chi connectivity index (χ4v) is 4.87. The van der Waals surface area contributed by atoms with E-state index >= 15 is 0 Å². The molecule has 1 nitrogen and oxygen atoms in total. The van der Waals surface area contributed by atoms with E-state index < -0.39 is 0 Å². The average molecular weight is 355 g/mol. The molecule has 0 N–H and O–H groups in total. The lowest BCUT2D eigenvalue weighted by Gasteiger charge is -2.22. The summed E-state index contributed by atoms with van der Waals surface area (Å²) in [5, 5.41) is 0. The van der Waals surface area contributed by atoms with Crippen LogP contribution in [0.25, 0.3) is 0 Å². The van der Waals surface area contributed by atoms with Gasteiger partial charge in [0.05, 0.1) is 9.97 Å². The van der Waals surface area contributed by atoms with Crippen LogP contribution in [0.15, 0.2) is 45.3 Å². The summed E-state index contributed by atoms with van der Waals surface area (Å²) in [6.07, 6.45) is 3.22. The third-order valence-corrected chi connectivity index (χ3v) is 5.85. The number of hydrogen-bond donors (Lipinski definition) is 0. The van der Waals surface area contributed by atoms with Gasteiger partial charge >= 0.3 is 0 Å². The number of halogens is 1. The molecule has 0 saturated heterocycles. The van der Waals surface area contributed by atoms with Crippen LogP contribution in [0, 0.1) is 0 Å². The Morgan fingerprint density at radius 3 is 3.06 bits per heavy atom. The van der Waals surface area contributed by atoms with E-state index in [1.54, 1.807) is 5.57 Å². The molecule has 1 aromatic carbocycles. The third-order valence-electron chi connectivity index (χ3n) is 3.29. The van der Waals surface area contributed by atoms with Crippen molar-refractivity contribution in [1.29, 1.82) is 0 Å². The predicted octanol–water partition coefficient (Wildman–Crippen LogP) is 4.43. The number of dihydropyridines is 1. The van der Waals surface area contributed by atoms with Crippen LogP contribution in [0.2, 0.25) is 0 Å². The van der Waals surface area contributed by atoms with Gasteiger partial charge in [-0.2, -0.15) is 0 Å². The summed E-state index contributed by atoms with van der Waals surface area (Å²) in [4.78, 5) is 5.99. The fourth-order valence-electron chi connectivity index (χ4n) is 2.36. The normalized spacial score (nSPS) is 27.4. The number of thioether (sulfide) groups is 1. The highest BCUT2D eigenvalue weighted by atomic mass is 127. The molecule has 17 heavy (non-hydrogen) atoms. The van der Waals surface area contributed by atoms with E-state index in [9.17, 15) is 0 Å².